The number of carbonyl (C=O) groups excluding carboxylic acids is 1. The number of nitrogens with one attached hydrogen (secondary N) is 1. The molecule has 0 aliphatic carbocycles. The lowest BCUT2D eigenvalue weighted by atomic mass is 10.1. The molecule has 0 radical (unpaired) electrons. The fourth-order valence-electron chi connectivity index (χ4n) is 3.70. The molecule has 0 unspecified atom stereocenters. The number of nitrogens with zero attached hydrogens (tertiary/aromatic N) is 3. The minimum absolute atomic E-state index is 0.113. The molecule has 0 bridgehead atoms. The van der Waals surface area contributed by atoms with Gasteiger partial charge in [-0.15, -0.1) is 0 Å². The van der Waals surface area contributed by atoms with Gasteiger partial charge in [0, 0.05) is 25.2 Å². The number of non-ortho nitro benzene ring substituents is 1. The first-order chi connectivity index (χ1) is 18.8. The molecular weight excluding hydrogens is 528 g/mol. The third-order valence-corrected chi connectivity index (χ3v) is 7.76. The number of anilines is 1. The number of rotatable bonds is 10. The second-order valence-electron chi connectivity index (χ2n) is 8.37. The van der Waals surface area contributed by atoms with Crippen molar-refractivity contribution in [3.63, 3.8) is 0 Å². The van der Waals surface area contributed by atoms with Crippen LogP contribution in [0, 0.1) is 10.1 Å². The van der Waals surface area contributed by atoms with Crippen LogP contribution in [0.15, 0.2) is 76.7 Å². The van der Waals surface area contributed by atoms with Crippen LogP contribution in [-0.4, -0.2) is 63.2 Å². The van der Waals surface area contributed by atoms with Crippen LogP contribution < -0.4 is 10.2 Å². The average molecular weight is 555 g/mol. The van der Waals surface area contributed by atoms with Gasteiger partial charge in [0.2, 0.25) is 10.0 Å². The Morgan fingerprint density at radius 1 is 1.10 bits per heavy atom. The standard InChI is InChI=1S/C26H26N4O8S/c1-36-26(31)21-6-2-20(3-7-21)18-38-23-9-4-19(5-10-23)17-27-28-24-11-8-22(30(32)33)16-25(24)39(34,35)29-12-14-37-15-13-29/h2-11,16-17,28H,12-15,18H2,1H3/b27-17+. The lowest BCUT2D eigenvalue weighted by Gasteiger charge is -2.26. The molecule has 0 saturated carbocycles. The molecule has 1 aliphatic rings. The summed E-state index contributed by atoms with van der Waals surface area (Å²) >= 11 is 0. The quantitative estimate of drug-likeness (QED) is 0.172. The van der Waals surface area contributed by atoms with E-state index in [0.29, 0.717) is 23.5 Å². The molecule has 1 N–H and O–H groups in total. The van der Waals surface area contributed by atoms with Crippen LogP contribution in [0.3, 0.4) is 0 Å². The van der Waals surface area contributed by atoms with Gasteiger partial charge in [0.25, 0.3) is 5.69 Å². The largest absolute Gasteiger partial charge is 0.489 e. The topological polar surface area (TPSA) is 150 Å². The number of sulfonamides is 1. The first kappa shape index (κ1) is 27.7. The highest BCUT2D eigenvalue weighted by Gasteiger charge is 2.30. The number of nitro benzene ring substituents is 1. The molecule has 1 fully saturated rings. The number of ether oxygens (including phenoxy) is 3. The fraction of sp³-hybridized carbons (Fsp3) is 0.231. The van der Waals surface area contributed by atoms with Crippen LogP contribution in [0.1, 0.15) is 21.5 Å². The van der Waals surface area contributed by atoms with Crippen molar-refractivity contribution < 1.29 is 32.3 Å². The highest BCUT2D eigenvalue weighted by atomic mass is 32.2. The van der Waals surface area contributed by atoms with Crippen molar-refractivity contribution in [2.24, 2.45) is 5.10 Å². The smallest absolute Gasteiger partial charge is 0.337 e. The Morgan fingerprint density at radius 2 is 1.79 bits per heavy atom. The first-order valence-electron chi connectivity index (χ1n) is 11.8. The number of hydrogen-bond acceptors (Lipinski definition) is 10. The maximum atomic E-state index is 13.2. The number of hydrazone groups is 1. The Morgan fingerprint density at radius 3 is 2.44 bits per heavy atom. The van der Waals surface area contributed by atoms with Gasteiger partial charge in [-0.05, 0) is 53.6 Å². The average Bonchev–Trinajstić information content (AvgIpc) is 2.97. The number of carbonyl (C=O) groups is 1. The molecular formula is C26H26N4O8S. The molecule has 0 aromatic heterocycles. The van der Waals surface area contributed by atoms with E-state index in [9.17, 15) is 23.3 Å². The van der Waals surface area contributed by atoms with E-state index in [2.05, 4.69) is 15.3 Å². The third-order valence-electron chi connectivity index (χ3n) is 5.82. The second-order valence-corrected chi connectivity index (χ2v) is 10.3. The highest BCUT2D eigenvalue weighted by molar-refractivity contribution is 7.89. The van der Waals surface area contributed by atoms with E-state index in [4.69, 9.17) is 9.47 Å². The summed E-state index contributed by atoms with van der Waals surface area (Å²) in [5.74, 6) is 0.212. The Labute approximate surface area is 225 Å². The zero-order chi connectivity index (χ0) is 27.8. The molecule has 39 heavy (non-hydrogen) atoms. The summed E-state index contributed by atoms with van der Waals surface area (Å²) in [5.41, 5.74) is 4.51. The zero-order valence-corrected chi connectivity index (χ0v) is 21.8. The van der Waals surface area contributed by atoms with Crippen LogP contribution in [0.5, 0.6) is 5.75 Å². The number of morpholine rings is 1. The van der Waals surface area contributed by atoms with Gasteiger partial charge >= 0.3 is 5.97 Å². The molecule has 12 nitrogen and oxygen atoms in total. The number of benzene rings is 3. The molecule has 13 heteroatoms. The van der Waals surface area contributed by atoms with Gasteiger partial charge < -0.3 is 14.2 Å². The molecule has 0 atom stereocenters. The van der Waals surface area contributed by atoms with E-state index >= 15 is 0 Å². The van der Waals surface area contributed by atoms with Gasteiger partial charge in [-0.3, -0.25) is 15.5 Å². The van der Waals surface area contributed by atoms with Crippen molar-refractivity contribution in [3.05, 3.63) is 93.5 Å². The predicted octanol–water partition coefficient (Wildman–Crippen LogP) is 3.43. The van der Waals surface area contributed by atoms with Gasteiger partial charge in [0.15, 0.2) is 0 Å². The van der Waals surface area contributed by atoms with E-state index in [-0.39, 0.29) is 42.6 Å². The predicted molar refractivity (Wildman–Crippen MR) is 142 cm³/mol. The molecule has 1 aliphatic heterocycles. The molecule has 0 spiro atoms. The van der Waals surface area contributed by atoms with Crippen molar-refractivity contribution in [2.75, 3.05) is 38.8 Å². The van der Waals surface area contributed by atoms with Gasteiger partial charge in [0.05, 0.1) is 42.7 Å². The molecule has 0 amide bonds. The van der Waals surface area contributed by atoms with Gasteiger partial charge in [-0.1, -0.05) is 12.1 Å². The lowest BCUT2D eigenvalue weighted by Crippen LogP contribution is -2.40. The van der Waals surface area contributed by atoms with Gasteiger partial charge in [-0.2, -0.15) is 9.41 Å². The monoisotopic (exact) mass is 554 g/mol. The van der Waals surface area contributed by atoms with Crippen LogP contribution in [0.2, 0.25) is 0 Å². The van der Waals surface area contributed by atoms with Crippen molar-refractivity contribution in [1.29, 1.82) is 0 Å². The minimum Gasteiger partial charge on any atom is -0.489 e. The number of esters is 1. The lowest BCUT2D eigenvalue weighted by molar-refractivity contribution is -0.385. The summed E-state index contributed by atoms with van der Waals surface area (Å²) in [6.07, 6.45) is 1.49. The fourth-order valence-corrected chi connectivity index (χ4v) is 5.27. The van der Waals surface area contributed by atoms with E-state index in [1.165, 1.54) is 29.8 Å². The van der Waals surface area contributed by atoms with E-state index in [0.717, 1.165) is 11.6 Å². The molecule has 1 saturated heterocycles. The highest BCUT2D eigenvalue weighted by Crippen LogP contribution is 2.29. The van der Waals surface area contributed by atoms with Crippen molar-refractivity contribution >= 4 is 33.6 Å². The molecule has 3 aromatic carbocycles. The van der Waals surface area contributed by atoms with Crippen LogP contribution in [0.25, 0.3) is 0 Å². The first-order valence-corrected chi connectivity index (χ1v) is 13.3. The molecule has 1 heterocycles. The molecule has 4 rings (SSSR count). The summed E-state index contributed by atoms with van der Waals surface area (Å²) in [6.45, 7) is 1.10. The summed E-state index contributed by atoms with van der Waals surface area (Å²) in [5, 5.41) is 15.4. The SMILES string of the molecule is COC(=O)c1ccc(COc2ccc(/C=N/Nc3ccc([N+](=O)[O-])cc3S(=O)(=O)N3CCOCC3)cc2)cc1. The Bertz CT molecular complexity index is 1450. The van der Waals surface area contributed by atoms with E-state index in [1.807, 2.05) is 0 Å². The van der Waals surface area contributed by atoms with Crippen LogP contribution in [-0.2, 0) is 26.1 Å². The zero-order valence-electron chi connectivity index (χ0n) is 21.0. The summed E-state index contributed by atoms with van der Waals surface area (Å²) in [6, 6.07) is 17.5. The summed E-state index contributed by atoms with van der Waals surface area (Å²) in [7, 11) is -2.69. The number of nitro groups is 1. The minimum atomic E-state index is -4.01. The Kier molecular flexibility index (Phi) is 8.86. The van der Waals surface area contributed by atoms with Crippen LogP contribution >= 0.6 is 0 Å². The Hall–Kier alpha value is -4.33. The number of hydrogen-bond donors (Lipinski definition) is 1. The van der Waals surface area contributed by atoms with Gasteiger partial charge in [0.1, 0.15) is 17.3 Å². The molecule has 3 aromatic rings. The van der Waals surface area contributed by atoms with E-state index < -0.39 is 20.9 Å². The van der Waals surface area contributed by atoms with Crippen LogP contribution in [0.4, 0.5) is 11.4 Å². The maximum absolute atomic E-state index is 13.2. The van der Waals surface area contributed by atoms with E-state index in [1.54, 1.807) is 48.5 Å². The summed E-state index contributed by atoms with van der Waals surface area (Å²) in [4.78, 5) is 21.9. The normalized spacial score (nSPS) is 14.2. The van der Waals surface area contributed by atoms with Crippen molar-refractivity contribution in [1.82, 2.24) is 4.31 Å². The van der Waals surface area contributed by atoms with Gasteiger partial charge in [-0.25, -0.2) is 13.2 Å². The van der Waals surface area contributed by atoms with Crippen molar-refractivity contribution in [3.8, 4) is 5.75 Å². The third kappa shape index (κ3) is 6.96. The molecule has 204 valence electrons. The van der Waals surface area contributed by atoms with Crippen molar-refractivity contribution in [2.45, 2.75) is 11.5 Å². The summed E-state index contributed by atoms with van der Waals surface area (Å²) < 4.78 is 43.3. The number of methoxy groups -OCH3 is 1. The second kappa shape index (κ2) is 12.5. The maximum Gasteiger partial charge on any atom is 0.337 e. The Balaban J connectivity index is 1.41.